The molecular weight excluding hydrogens is 301 g/mol. The van der Waals surface area contributed by atoms with Gasteiger partial charge in [-0.05, 0) is 23.5 Å². The van der Waals surface area contributed by atoms with Crippen LogP contribution in [0.5, 0.6) is 0 Å². The van der Waals surface area contributed by atoms with Crippen molar-refractivity contribution in [1.29, 1.82) is 0 Å². The molecule has 0 radical (unpaired) electrons. The van der Waals surface area contributed by atoms with Crippen LogP contribution in [0, 0.1) is 5.41 Å². The summed E-state index contributed by atoms with van der Waals surface area (Å²) in [5, 5.41) is 3.98. The van der Waals surface area contributed by atoms with Crippen LogP contribution in [0.4, 0.5) is 13.2 Å². The van der Waals surface area contributed by atoms with E-state index in [2.05, 4.69) is 5.10 Å². The highest BCUT2D eigenvalue weighted by Crippen LogP contribution is 2.60. The molecule has 1 unspecified atom stereocenters. The van der Waals surface area contributed by atoms with Crippen LogP contribution in [0.3, 0.4) is 0 Å². The zero-order valence-electron chi connectivity index (χ0n) is 14.0. The number of fused-ring (bicyclic) bond motifs is 1. The Bertz CT molecular complexity index is 740. The minimum atomic E-state index is -4.45. The average Bonchev–Trinajstić information content (AvgIpc) is 2.92. The van der Waals surface area contributed by atoms with Crippen molar-refractivity contribution in [3.8, 4) is 5.69 Å². The van der Waals surface area contributed by atoms with Crippen molar-refractivity contribution >= 4 is 0 Å². The number of hydrogen-bond donors (Lipinski definition) is 0. The Labute approximate surface area is 134 Å². The van der Waals surface area contributed by atoms with Gasteiger partial charge in [-0.3, -0.25) is 0 Å². The van der Waals surface area contributed by atoms with E-state index in [0.717, 1.165) is 0 Å². The van der Waals surface area contributed by atoms with E-state index in [0.29, 0.717) is 16.9 Å². The third-order valence-corrected chi connectivity index (χ3v) is 5.91. The average molecular weight is 322 g/mol. The number of benzene rings is 1. The topological polar surface area (TPSA) is 17.8 Å². The van der Waals surface area contributed by atoms with Crippen molar-refractivity contribution in [3.63, 3.8) is 0 Å². The maximum Gasteiger partial charge on any atom is 0.435 e. The molecule has 1 aliphatic carbocycles. The fourth-order valence-electron chi connectivity index (χ4n) is 3.61. The molecule has 5 heteroatoms. The van der Waals surface area contributed by atoms with E-state index < -0.39 is 17.3 Å². The summed E-state index contributed by atoms with van der Waals surface area (Å²) in [6.45, 7) is 9.97. The van der Waals surface area contributed by atoms with Gasteiger partial charge in [-0.15, -0.1) is 0 Å². The minimum Gasteiger partial charge on any atom is -0.236 e. The second kappa shape index (κ2) is 4.62. The summed E-state index contributed by atoms with van der Waals surface area (Å²) < 4.78 is 42.2. The Morgan fingerprint density at radius 2 is 1.61 bits per heavy atom. The predicted octanol–water partition coefficient (Wildman–Crippen LogP) is 5.31. The van der Waals surface area contributed by atoms with E-state index in [4.69, 9.17) is 0 Å². The van der Waals surface area contributed by atoms with Crippen LogP contribution >= 0.6 is 0 Å². The zero-order valence-corrected chi connectivity index (χ0v) is 14.0. The van der Waals surface area contributed by atoms with Crippen molar-refractivity contribution in [2.45, 2.75) is 52.1 Å². The molecule has 0 aliphatic heterocycles. The van der Waals surface area contributed by atoms with Gasteiger partial charge in [0.2, 0.25) is 0 Å². The molecule has 0 saturated carbocycles. The van der Waals surface area contributed by atoms with Gasteiger partial charge < -0.3 is 0 Å². The van der Waals surface area contributed by atoms with Gasteiger partial charge in [0.05, 0.1) is 11.4 Å². The predicted molar refractivity (Wildman–Crippen MR) is 83.8 cm³/mol. The van der Waals surface area contributed by atoms with Crippen molar-refractivity contribution in [2.75, 3.05) is 0 Å². The maximum absolute atomic E-state index is 13.6. The first-order valence-corrected chi connectivity index (χ1v) is 7.75. The molecule has 1 atom stereocenters. The van der Waals surface area contributed by atoms with Gasteiger partial charge in [-0.2, -0.15) is 18.3 Å². The van der Waals surface area contributed by atoms with Crippen LogP contribution in [-0.2, 0) is 11.6 Å². The number of alkyl halides is 3. The summed E-state index contributed by atoms with van der Waals surface area (Å²) in [6, 6.07) is 9.05. The van der Waals surface area contributed by atoms with Gasteiger partial charge in [0.15, 0.2) is 5.69 Å². The fraction of sp³-hybridized carbons (Fsp3) is 0.500. The Morgan fingerprint density at radius 1 is 1.04 bits per heavy atom. The monoisotopic (exact) mass is 322 g/mol. The molecule has 0 spiro atoms. The van der Waals surface area contributed by atoms with Crippen LogP contribution < -0.4 is 0 Å². The smallest absolute Gasteiger partial charge is 0.236 e. The highest BCUT2D eigenvalue weighted by molar-refractivity contribution is 5.49. The van der Waals surface area contributed by atoms with Gasteiger partial charge in [0.1, 0.15) is 0 Å². The highest BCUT2D eigenvalue weighted by Gasteiger charge is 2.57. The van der Waals surface area contributed by atoms with E-state index in [1.807, 2.05) is 52.8 Å². The standard InChI is InChI=1S/C18H21F3N2/c1-11-13-14(18(19,20)21)22-23(12-9-7-6-8-10-12)15(13)17(4,5)16(11,2)3/h6-11H,1-5H3. The zero-order chi connectivity index (χ0) is 17.2. The number of nitrogens with zero attached hydrogens (tertiary/aromatic N) is 2. The lowest BCUT2D eigenvalue weighted by Crippen LogP contribution is -2.36. The van der Waals surface area contributed by atoms with Crippen LogP contribution in [0.25, 0.3) is 5.69 Å². The third kappa shape index (κ3) is 2.05. The van der Waals surface area contributed by atoms with E-state index in [-0.39, 0.29) is 11.3 Å². The Kier molecular flexibility index (Phi) is 3.23. The summed E-state index contributed by atoms with van der Waals surface area (Å²) >= 11 is 0. The molecule has 2 aromatic rings. The largest absolute Gasteiger partial charge is 0.435 e. The molecule has 0 amide bonds. The second-order valence-electron chi connectivity index (χ2n) is 7.42. The highest BCUT2D eigenvalue weighted by atomic mass is 19.4. The third-order valence-electron chi connectivity index (χ3n) is 5.91. The summed E-state index contributed by atoms with van der Waals surface area (Å²) in [6.07, 6.45) is -4.45. The number of para-hydroxylation sites is 1. The normalized spacial score (nSPS) is 22.2. The van der Waals surface area contributed by atoms with Gasteiger partial charge in [-0.1, -0.05) is 52.8 Å². The van der Waals surface area contributed by atoms with Crippen LogP contribution in [0.2, 0.25) is 0 Å². The number of aromatic nitrogens is 2. The molecule has 0 bridgehead atoms. The van der Waals surface area contributed by atoms with Gasteiger partial charge in [-0.25, -0.2) is 4.68 Å². The Balaban J connectivity index is 2.37. The van der Waals surface area contributed by atoms with Gasteiger partial charge in [0, 0.05) is 11.0 Å². The summed E-state index contributed by atoms with van der Waals surface area (Å²) in [7, 11) is 0. The molecule has 1 aliphatic rings. The molecule has 23 heavy (non-hydrogen) atoms. The SMILES string of the molecule is CC1c2c(C(F)(F)F)nn(-c3ccccc3)c2C(C)(C)C1(C)C. The molecular formula is C18H21F3N2. The first-order valence-electron chi connectivity index (χ1n) is 7.75. The number of rotatable bonds is 1. The number of hydrogen-bond acceptors (Lipinski definition) is 1. The van der Waals surface area contributed by atoms with E-state index in [1.165, 1.54) is 4.68 Å². The second-order valence-corrected chi connectivity index (χ2v) is 7.42. The van der Waals surface area contributed by atoms with Crippen LogP contribution in [0.15, 0.2) is 30.3 Å². The lowest BCUT2D eigenvalue weighted by atomic mass is 9.66. The van der Waals surface area contributed by atoms with E-state index >= 15 is 0 Å². The first-order chi connectivity index (χ1) is 10.5. The molecule has 1 aromatic carbocycles. The minimum absolute atomic E-state index is 0.221. The molecule has 124 valence electrons. The molecule has 0 N–H and O–H groups in total. The molecule has 1 aromatic heterocycles. The first kappa shape index (κ1) is 16.1. The van der Waals surface area contributed by atoms with Crippen molar-refractivity contribution in [1.82, 2.24) is 9.78 Å². The molecule has 1 heterocycles. The number of halogens is 3. The summed E-state index contributed by atoms with van der Waals surface area (Å²) in [5.41, 5.74) is 0.218. The van der Waals surface area contributed by atoms with Gasteiger partial charge >= 0.3 is 6.18 Å². The van der Waals surface area contributed by atoms with Crippen LogP contribution in [-0.4, -0.2) is 9.78 Å². The Hall–Kier alpha value is -1.78. The maximum atomic E-state index is 13.6. The Morgan fingerprint density at radius 3 is 2.13 bits per heavy atom. The van der Waals surface area contributed by atoms with Gasteiger partial charge in [0.25, 0.3) is 0 Å². The molecule has 3 rings (SSSR count). The van der Waals surface area contributed by atoms with Crippen molar-refractivity contribution < 1.29 is 13.2 Å². The fourth-order valence-corrected chi connectivity index (χ4v) is 3.61. The molecule has 0 saturated heterocycles. The molecule has 2 nitrogen and oxygen atoms in total. The van der Waals surface area contributed by atoms with Crippen molar-refractivity contribution in [2.24, 2.45) is 5.41 Å². The molecule has 0 fully saturated rings. The lowest BCUT2D eigenvalue weighted by Gasteiger charge is -2.39. The summed E-state index contributed by atoms with van der Waals surface area (Å²) in [4.78, 5) is 0. The van der Waals surface area contributed by atoms with Crippen LogP contribution in [0.1, 0.15) is 57.5 Å². The van der Waals surface area contributed by atoms with E-state index in [9.17, 15) is 13.2 Å². The summed E-state index contributed by atoms with van der Waals surface area (Å²) in [5.74, 6) is -0.221. The quantitative estimate of drug-likeness (QED) is 0.695. The van der Waals surface area contributed by atoms with E-state index in [1.54, 1.807) is 12.1 Å². The van der Waals surface area contributed by atoms with Crippen molar-refractivity contribution in [3.05, 3.63) is 47.3 Å². The lowest BCUT2D eigenvalue weighted by molar-refractivity contribution is -0.142.